The van der Waals surface area contributed by atoms with Gasteiger partial charge in [0.15, 0.2) is 5.13 Å². The molecule has 2 heterocycles. The Morgan fingerprint density at radius 2 is 1.84 bits per heavy atom. The van der Waals surface area contributed by atoms with Crippen LogP contribution in [0.25, 0.3) is 5.13 Å². The maximum atomic E-state index is 12.9. The zero-order valence-corrected chi connectivity index (χ0v) is 19.4. The van der Waals surface area contributed by atoms with Crippen molar-refractivity contribution in [2.24, 2.45) is 0 Å². The lowest BCUT2D eigenvalue weighted by molar-refractivity contribution is 0.0939. The van der Waals surface area contributed by atoms with Gasteiger partial charge in [0, 0.05) is 41.7 Å². The Kier molecular flexibility index (Phi) is 7.12. The number of carbonyl (C=O) groups is 2. The van der Waals surface area contributed by atoms with Gasteiger partial charge >= 0.3 is 6.03 Å². The smallest absolute Gasteiger partial charge is 0.321 e. The molecule has 0 bridgehead atoms. The number of aryl methyl sites for hydroxylation is 1. The van der Waals surface area contributed by atoms with Gasteiger partial charge in [0.1, 0.15) is 0 Å². The highest BCUT2D eigenvalue weighted by molar-refractivity contribution is 7.12. The fourth-order valence-corrected chi connectivity index (χ4v) is 4.29. The van der Waals surface area contributed by atoms with E-state index in [1.54, 1.807) is 11.1 Å². The average molecular weight is 440 g/mol. The second kappa shape index (κ2) is 9.78. The number of nitrogens with zero attached hydrogens (tertiary/aromatic N) is 3. The second-order valence-electron chi connectivity index (χ2n) is 7.35. The molecule has 7 nitrogen and oxygen atoms in total. The van der Waals surface area contributed by atoms with Crippen LogP contribution in [0.1, 0.15) is 54.1 Å². The van der Waals surface area contributed by atoms with Gasteiger partial charge < -0.3 is 15.5 Å². The molecule has 8 heteroatoms. The third-order valence-electron chi connectivity index (χ3n) is 5.35. The molecule has 0 radical (unpaired) electrons. The molecule has 0 saturated carbocycles. The number of hydrogen-bond acceptors (Lipinski definition) is 4. The number of rotatable bonds is 7. The van der Waals surface area contributed by atoms with Gasteiger partial charge in [0.05, 0.1) is 11.6 Å². The standard InChI is InChI=1S/C23H29N5O2S/c1-6-27(7-2)22(30)26-19-10-8-18(9-11-19)16(4)25-21(29)20-14-15(3)28(17(20)5)23-24-12-13-31-23/h8-14,16H,6-7H2,1-5H3,(H,25,29)(H,26,30). The normalized spacial score (nSPS) is 11.8. The van der Waals surface area contributed by atoms with Crippen molar-refractivity contribution in [2.75, 3.05) is 18.4 Å². The van der Waals surface area contributed by atoms with E-state index in [0.717, 1.165) is 27.8 Å². The number of carbonyl (C=O) groups excluding carboxylic acids is 2. The van der Waals surface area contributed by atoms with Gasteiger partial charge in [-0.3, -0.25) is 9.36 Å². The van der Waals surface area contributed by atoms with E-state index in [2.05, 4.69) is 15.6 Å². The number of nitrogens with one attached hydrogen (secondary N) is 2. The lowest BCUT2D eigenvalue weighted by atomic mass is 10.1. The van der Waals surface area contributed by atoms with E-state index in [1.165, 1.54) is 11.3 Å². The van der Waals surface area contributed by atoms with Crippen molar-refractivity contribution in [1.82, 2.24) is 19.8 Å². The molecule has 2 aromatic heterocycles. The summed E-state index contributed by atoms with van der Waals surface area (Å²) in [6.07, 6.45) is 1.76. The number of aromatic nitrogens is 2. The predicted octanol–water partition coefficient (Wildman–Crippen LogP) is 4.92. The van der Waals surface area contributed by atoms with Crippen molar-refractivity contribution in [3.63, 3.8) is 0 Å². The van der Waals surface area contributed by atoms with Crippen molar-refractivity contribution in [3.8, 4) is 5.13 Å². The summed E-state index contributed by atoms with van der Waals surface area (Å²) in [4.78, 5) is 31.2. The summed E-state index contributed by atoms with van der Waals surface area (Å²) in [6, 6.07) is 9.15. The van der Waals surface area contributed by atoms with E-state index in [4.69, 9.17) is 0 Å². The molecule has 164 valence electrons. The molecule has 0 aliphatic carbocycles. The Morgan fingerprint density at radius 1 is 1.16 bits per heavy atom. The summed E-state index contributed by atoms with van der Waals surface area (Å²) >= 11 is 1.54. The number of urea groups is 1. The highest BCUT2D eigenvalue weighted by Gasteiger charge is 2.19. The zero-order valence-electron chi connectivity index (χ0n) is 18.6. The fourth-order valence-electron chi connectivity index (χ4n) is 3.54. The van der Waals surface area contributed by atoms with Gasteiger partial charge in [0.25, 0.3) is 5.91 Å². The number of benzene rings is 1. The van der Waals surface area contributed by atoms with Crippen LogP contribution in [0.5, 0.6) is 0 Å². The molecule has 0 aliphatic heterocycles. The van der Waals surface area contributed by atoms with E-state index in [9.17, 15) is 9.59 Å². The van der Waals surface area contributed by atoms with Gasteiger partial charge in [-0.05, 0) is 58.4 Å². The lowest BCUT2D eigenvalue weighted by Gasteiger charge is -2.19. The Hall–Kier alpha value is -3.13. The summed E-state index contributed by atoms with van der Waals surface area (Å²) in [5, 5.41) is 8.74. The molecule has 1 aromatic carbocycles. The van der Waals surface area contributed by atoms with Crippen LogP contribution in [0.4, 0.5) is 10.5 Å². The Bertz CT molecular complexity index is 1040. The highest BCUT2D eigenvalue weighted by Crippen LogP contribution is 2.23. The number of thiazole rings is 1. The largest absolute Gasteiger partial charge is 0.345 e. The van der Waals surface area contributed by atoms with Crippen molar-refractivity contribution in [2.45, 2.75) is 40.7 Å². The summed E-state index contributed by atoms with van der Waals surface area (Å²) < 4.78 is 2.00. The summed E-state index contributed by atoms with van der Waals surface area (Å²) in [5.74, 6) is -0.123. The quantitative estimate of drug-likeness (QED) is 0.549. The van der Waals surface area contributed by atoms with Crippen LogP contribution < -0.4 is 10.6 Å². The van der Waals surface area contributed by atoms with E-state index in [0.29, 0.717) is 18.7 Å². The molecule has 0 spiro atoms. The molecular formula is C23H29N5O2S. The average Bonchev–Trinajstić information content (AvgIpc) is 3.37. The molecule has 0 aliphatic rings. The molecule has 3 amide bonds. The van der Waals surface area contributed by atoms with Crippen LogP contribution in [-0.4, -0.2) is 39.5 Å². The van der Waals surface area contributed by atoms with Crippen molar-refractivity contribution in [3.05, 3.63) is 64.4 Å². The lowest BCUT2D eigenvalue weighted by Crippen LogP contribution is -2.34. The first-order valence-electron chi connectivity index (χ1n) is 10.4. The van der Waals surface area contributed by atoms with Gasteiger partial charge in [-0.2, -0.15) is 0 Å². The minimum atomic E-state index is -0.178. The molecule has 31 heavy (non-hydrogen) atoms. The Labute approximate surface area is 187 Å². The molecular weight excluding hydrogens is 410 g/mol. The summed E-state index contributed by atoms with van der Waals surface area (Å²) in [5.41, 5.74) is 4.17. The van der Waals surface area contributed by atoms with Gasteiger partial charge in [-0.1, -0.05) is 12.1 Å². The second-order valence-corrected chi connectivity index (χ2v) is 8.23. The monoisotopic (exact) mass is 439 g/mol. The van der Waals surface area contributed by atoms with Crippen molar-refractivity contribution >= 4 is 29.0 Å². The Morgan fingerprint density at radius 3 is 2.42 bits per heavy atom. The highest BCUT2D eigenvalue weighted by atomic mass is 32.1. The summed E-state index contributed by atoms with van der Waals surface area (Å²) in [7, 11) is 0. The van der Waals surface area contributed by atoms with Gasteiger partial charge in [-0.25, -0.2) is 9.78 Å². The van der Waals surface area contributed by atoms with E-state index >= 15 is 0 Å². The molecule has 2 N–H and O–H groups in total. The maximum absolute atomic E-state index is 12.9. The van der Waals surface area contributed by atoms with Crippen molar-refractivity contribution in [1.29, 1.82) is 0 Å². The van der Waals surface area contributed by atoms with Crippen LogP contribution in [0.2, 0.25) is 0 Å². The third-order valence-corrected chi connectivity index (χ3v) is 6.10. The minimum Gasteiger partial charge on any atom is -0.345 e. The van der Waals surface area contributed by atoms with Gasteiger partial charge in [-0.15, -0.1) is 11.3 Å². The van der Waals surface area contributed by atoms with Crippen LogP contribution in [-0.2, 0) is 0 Å². The van der Waals surface area contributed by atoms with E-state index in [-0.39, 0.29) is 18.0 Å². The van der Waals surface area contributed by atoms with E-state index < -0.39 is 0 Å². The van der Waals surface area contributed by atoms with Crippen LogP contribution in [0.3, 0.4) is 0 Å². The molecule has 0 fully saturated rings. The molecule has 1 atom stereocenters. The number of hydrogen-bond donors (Lipinski definition) is 2. The molecule has 1 unspecified atom stereocenters. The third kappa shape index (κ3) is 4.96. The topological polar surface area (TPSA) is 79.3 Å². The molecule has 0 saturated heterocycles. The first-order valence-corrected chi connectivity index (χ1v) is 11.3. The minimum absolute atomic E-state index is 0.116. The number of anilines is 1. The SMILES string of the molecule is CCN(CC)C(=O)Nc1ccc(C(C)NC(=O)c2cc(C)n(-c3nccs3)c2C)cc1. The zero-order chi connectivity index (χ0) is 22.5. The fraction of sp³-hybridized carbons (Fsp3) is 0.348. The van der Waals surface area contributed by atoms with E-state index in [1.807, 2.05) is 74.9 Å². The van der Waals surface area contributed by atoms with Crippen LogP contribution in [0, 0.1) is 13.8 Å². The molecule has 3 rings (SSSR count). The molecule has 3 aromatic rings. The summed E-state index contributed by atoms with van der Waals surface area (Å²) in [6.45, 7) is 11.1. The first-order chi connectivity index (χ1) is 14.8. The maximum Gasteiger partial charge on any atom is 0.321 e. The number of amides is 3. The van der Waals surface area contributed by atoms with Crippen LogP contribution >= 0.6 is 11.3 Å². The first kappa shape index (κ1) is 22.6. The Balaban J connectivity index is 1.68. The predicted molar refractivity (Wildman–Crippen MR) is 125 cm³/mol. The van der Waals surface area contributed by atoms with Gasteiger partial charge in [0.2, 0.25) is 0 Å². The van der Waals surface area contributed by atoms with Crippen LogP contribution in [0.15, 0.2) is 41.9 Å². The van der Waals surface area contributed by atoms with Crippen molar-refractivity contribution < 1.29 is 9.59 Å².